The van der Waals surface area contributed by atoms with Crippen molar-refractivity contribution in [3.63, 3.8) is 0 Å². The molecule has 0 bridgehead atoms. The molecule has 6 heteroatoms. The smallest absolute Gasteiger partial charge is 0.272 e. The second-order valence-corrected chi connectivity index (χ2v) is 6.32. The number of ether oxygens (including phenoxy) is 2. The molecule has 3 aromatic rings. The van der Waals surface area contributed by atoms with E-state index in [-0.39, 0.29) is 5.91 Å². The third-order valence-electron chi connectivity index (χ3n) is 3.74. The molecule has 25 heavy (non-hydrogen) atoms. The van der Waals surface area contributed by atoms with E-state index >= 15 is 0 Å². The van der Waals surface area contributed by atoms with Crippen LogP contribution in [-0.4, -0.2) is 24.7 Å². The third kappa shape index (κ3) is 3.64. The summed E-state index contributed by atoms with van der Waals surface area (Å²) >= 11 is 1.43. The molecule has 0 spiro atoms. The van der Waals surface area contributed by atoms with E-state index < -0.39 is 0 Å². The number of hydrogen-bond donors (Lipinski definition) is 0. The fraction of sp³-hybridized carbons (Fsp3) is 0.158. The van der Waals surface area contributed by atoms with E-state index in [2.05, 4.69) is 4.99 Å². The predicted molar refractivity (Wildman–Crippen MR) is 99.9 cm³/mol. The summed E-state index contributed by atoms with van der Waals surface area (Å²) in [6, 6.07) is 13.4. The molecule has 0 N–H and O–H groups in total. The lowest BCUT2D eigenvalue weighted by atomic mass is 10.2. The van der Waals surface area contributed by atoms with Gasteiger partial charge in [-0.2, -0.15) is 4.99 Å². The van der Waals surface area contributed by atoms with E-state index in [4.69, 9.17) is 9.47 Å². The minimum atomic E-state index is -0.301. The van der Waals surface area contributed by atoms with Crippen molar-refractivity contribution in [2.75, 3.05) is 14.2 Å². The topological polar surface area (TPSA) is 52.8 Å². The van der Waals surface area contributed by atoms with Crippen LogP contribution in [0.1, 0.15) is 5.56 Å². The van der Waals surface area contributed by atoms with E-state index in [0.717, 1.165) is 15.8 Å². The summed E-state index contributed by atoms with van der Waals surface area (Å²) in [6.45, 7) is 0. The van der Waals surface area contributed by atoms with Crippen molar-refractivity contribution in [2.45, 2.75) is 0 Å². The van der Waals surface area contributed by atoms with E-state index in [9.17, 15) is 4.79 Å². The van der Waals surface area contributed by atoms with Gasteiger partial charge in [-0.25, -0.2) is 0 Å². The molecule has 0 aliphatic heterocycles. The second kappa shape index (κ2) is 7.36. The van der Waals surface area contributed by atoms with Crippen LogP contribution in [0.25, 0.3) is 16.3 Å². The first-order valence-corrected chi connectivity index (χ1v) is 8.47. The molecule has 0 radical (unpaired) electrons. The molecular formula is C19H18N2O3S. The van der Waals surface area contributed by atoms with Gasteiger partial charge in [-0.3, -0.25) is 4.79 Å². The van der Waals surface area contributed by atoms with Gasteiger partial charge in [0.1, 0.15) is 0 Å². The molecule has 1 aromatic heterocycles. The van der Waals surface area contributed by atoms with Crippen LogP contribution in [-0.2, 0) is 11.8 Å². The molecule has 3 rings (SSSR count). The highest BCUT2D eigenvalue weighted by molar-refractivity contribution is 7.16. The van der Waals surface area contributed by atoms with Crippen LogP contribution in [0.5, 0.6) is 11.5 Å². The average Bonchev–Trinajstić information content (AvgIpc) is 2.94. The van der Waals surface area contributed by atoms with Gasteiger partial charge in [0.2, 0.25) is 0 Å². The number of benzene rings is 2. The zero-order valence-electron chi connectivity index (χ0n) is 14.2. The summed E-state index contributed by atoms with van der Waals surface area (Å²) in [7, 11) is 5.07. The monoisotopic (exact) mass is 354 g/mol. The lowest BCUT2D eigenvalue weighted by molar-refractivity contribution is -0.113. The quantitative estimate of drug-likeness (QED) is 0.675. The molecule has 5 nitrogen and oxygen atoms in total. The Bertz CT molecular complexity index is 1000. The Morgan fingerprint density at radius 2 is 1.80 bits per heavy atom. The molecule has 0 atom stereocenters. The van der Waals surface area contributed by atoms with Crippen molar-refractivity contribution in [3.05, 3.63) is 58.9 Å². The zero-order chi connectivity index (χ0) is 17.8. The number of aryl methyl sites for hydroxylation is 1. The molecule has 0 aliphatic carbocycles. The number of rotatable bonds is 4. The van der Waals surface area contributed by atoms with Crippen molar-refractivity contribution < 1.29 is 14.3 Å². The Kier molecular flexibility index (Phi) is 5.00. The number of hydrogen-bond acceptors (Lipinski definition) is 4. The third-order valence-corrected chi connectivity index (χ3v) is 4.83. The van der Waals surface area contributed by atoms with Gasteiger partial charge < -0.3 is 14.0 Å². The Morgan fingerprint density at radius 3 is 2.48 bits per heavy atom. The molecule has 0 saturated heterocycles. The maximum atomic E-state index is 12.2. The van der Waals surface area contributed by atoms with Crippen molar-refractivity contribution in [1.29, 1.82) is 0 Å². The Morgan fingerprint density at radius 1 is 1.12 bits per heavy atom. The maximum Gasteiger partial charge on any atom is 0.272 e. The van der Waals surface area contributed by atoms with Crippen molar-refractivity contribution in [2.24, 2.45) is 12.0 Å². The Balaban J connectivity index is 1.97. The number of aromatic nitrogens is 1. The van der Waals surface area contributed by atoms with Crippen LogP contribution in [0, 0.1) is 0 Å². The van der Waals surface area contributed by atoms with Crippen LogP contribution < -0.4 is 14.3 Å². The van der Waals surface area contributed by atoms with Gasteiger partial charge >= 0.3 is 0 Å². The number of methoxy groups -OCH3 is 2. The molecule has 0 saturated carbocycles. The normalized spacial score (nSPS) is 12.0. The number of amides is 1. The predicted octanol–water partition coefficient (Wildman–Crippen LogP) is 3.40. The zero-order valence-corrected chi connectivity index (χ0v) is 15.0. The fourth-order valence-corrected chi connectivity index (χ4v) is 3.46. The highest BCUT2D eigenvalue weighted by atomic mass is 32.1. The number of nitrogens with zero attached hydrogens (tertiary/aromatic N) is 2. The molecule has 1 heterocycles. The summed E-state index contributed by atoms with van der Waals surface area (Å²) < 4.78 is 13.5. The highest BCUT2D eigenvalue weighted by Gasteiger charge is 2.10. The van der Waals surface area contributed by atoms with Crippen LogP contribution in [0.2, 0.25) is 0 Å². The molecule has 128 valence electrons. The molecule has 0 aliphatic rings. The SMILES string of the molecule is COc1cc2sc(=NC(=O)C=Cc3ccccc3)n(C)c2cc1OC. The Labute approximate surface area is 149 Å². The molecular weight excluding hydrogens is 336 g/mol. The lowest BCUT2D eigenvalue weighted by Crippen LogP contribution is -2.12. The molecule has 0 fully saturated rings. The van der Waals surface area contributed by atoms with Crippen LogP contribution in [0.15, 0.2) is 53.5 Å². The first kappa shape index (κ1) is 17.0. The summed E-state index contributed by atoms with van der Waals surface area (Å²) in [4.78, 5) is 17.0. The van der Waals surface area contributed by atoms with E-state index in [1.807, 2.05) is 54.1 Å². The number of fused-ring (bicyclic) bond motifs is 1. The van der Waals surface area contributed by atoms with Gasteiger partial charge in [0.05, 0.1) is 24.4 Å². The van der Waals surface area contributed by atoms with Gasteiger partial charge in [0.15, 0.2) is 16.3 Å². The Hall–Kier alpha value is -2.86. The highest BCUT2D eigenvalue weighted by Crippen LogP contribution is 2.32. The van der Waals surface area contributed by atoms with Gasteiger partial charge in [-0.05, 0) is 11.6 Å². The van der Waals surface area contributed by atoms with E-state index in [0.29, 0.717) is 16.3 Å². The largest absolute Gasteiger partial charge is 0.493 e. The van der Waals surface area contributed by atoms with Crippen LogP contribution in [0.4, 0.5) is 0 Å². The maximum absolute atomic E-state index is 12.2. The number of carbonyl (C=O) groups excluding carboxylic acids is 1. The minimum Gasteiger partial charge on any atom is -0.493 e. The average molecular weight is 354 g/mol. The first-order chi connectivity index (χ1) is 12.1. The summed E-state index contributed by atoms with van der Waals surface area (Å²) in [5, 5.41) is 0. The summed E-state index contributed by atoms with van der Waals surface area (Å²) in [6.07, 6.45) is 3.23. The first-order valence-electron chi connectivity index (χ1n) is 7.65. The van der Waals surface area contributed by atoms with Gasteiger partial charge in [-0.1, -0.05) is 41.7 Å². The summed E-state index contributed by atoms with van der Waals surface area (Å²) in [5.41, 5.74) is 1.89. The number of carbonyl (C=O) groups is 1. The van der Waals surface area contributed by atoms with E-state index in [1.54, 1.807) is 20.3 Å². The second-order valence-electron chi connectivity index (χ2n) is 5.31. The van der Waals surface area contributed by atoms with Gasteiger partial charge in [0.25, 0.3) is 5.91 Å². The lowest BCUT2D eigenvalue weighted by Gasteiger charge is -2.07. The molecule has 0 unspecified atom stereocenters. The van der Waals surface area contributed by atoms with Crippen LogP contribution in [0.3, 0.4) is 0 Å². The van der Waals surface area contributed by atoms with E-state index in [1.165, 1.54) is 17.4 Å². The number of thiazole rings is 1. The summed E-state index contributed by atoms with van der Waals surface area (Å²) in [5.74, 6) is 0.994. The van der Waals surface area contributed by atoms with Crippen molar-refractivity contribution >= 4 is 33.5 Å². The fourth-order valence-electron chi connectivity index (χ4n) is 2.42. The minimum absolute atomic E-state index is 0.301. The van der Waals surface area contributed by atoms with Crippen molar-refractivity contribution in [3.8, 4) is 11.5 Å². The molecule has 1 amide bonds. The van der Waals surface area contributed by atoms with Gasteiger partial charge in [0, 0.05) is 25.3 Å². The van der Waals surface area contributed by atoms with Crippen LogP contribution >= 0.6 is 11.3 Å². The van der Waals surface area contributed by atoms with Crippen molar-refractivity contribution in [1.82, 2.24) is 4.57 Å². The molecule has 2 aromatic carbocycles. The standard InChI is InChI=1S/C19H18N2O3S/c1-21-14-11-15(23-2)16(24-3)12-17(14)25-19(21)20-18(22)10-9-13-7-5-4-6-8-13/h4-12H,1-3H3. The van der Waals surface area contributed by atoms with Gasteiger partial charge in [-0.15, -0.1) is 0 Å².